The summed E-state index contributed by atoms with van der Waals surface area (Å²) < 4.78 is 10.9. The highest BCUT2D eigenvalue weighted by Crippen LogP contribution is 2.18. The van der Waals surface area contributed by atoms with E-state index >= 15 is 0 Å². The van der Waals surface area contributed by atoms with Crippen molar-refractivity contribution in [1.82, 2.24) is 15.0 Å². The summed E-state index contributed by atoms with van der Waals surface area (Å²) >= 11 is 6.06. The van der Waals surface area contributed by atoms with Crippen LogP contribution in [0.25, 0.3) is 0 Å². The van der Waals surface area contributed by atoms with E-state index in [9.17, 15) is 0 Å². The molecule has 0 spiro atoms. The molecule has 2 rings (SSSR count). The van der Waals surface area contributed by atoms with Gasteiger partial charge in [0.05, 0.1) is 6.61 Å². The Morgan fingerprint density at radius 2 is 1.86 bits per heavy atom. The Morgan fingerprint density at radius 3 is 2.52 bits per heavy atom. The van der Waals surface area contributed by atoms with E-state index in [4.69, 9.17) is 26.9 Å². The van der Waals surface area contributed by atoms with Gasteiger partial charge in [0.15, 0.2) is 0 Å². The predicted octanol–water partition coefficient (Wildman–Crippen LogP) is 2.18. The van der Waals surface area contributed by atoms with Crippen molar-refractivity contribution in [3.05, 3.63) is 34.9 Å². The van der Waals surface area contributed by atoms with Crippen molar-refractivity contribution < 1.29 is 9.47 Å². The lowest BCUT2D eigenvalue weighted by Gasteiger charge is -2.09. The maximum atomic E-state index is 6.06. The fourth-order valence-electron chi connectivity index (χ4n) is 1.48. The number of nitrogens with zero attached hydrogens (tertiary/aromatic N) is 3. The van der Waals surface area contributed by atoms with Gasteiger partial charge < -0.3 is 9.47 Å². The van der Waals surface area contributed by atoms with Crippen LogP contribution in [0.15, 0.2) is 24.3 Å². The molecule has 3 N–H and O–H groups in total. The van der Waals surface area contributed by atoms with Crippen LogP contribution in [0.3, 0.4) is 0 Å². The smallest absolute Gasteiger partial charge is 0.324 e. The number of hydrogen-bond acceptors (Lipinski definition) is 7. The van der Waals surface area contributed by atoms with Gasteiger partial charge in [0, 0.05) is 10.6 Å². The van der Waals surface area contributed by atoms with Gasteiger partial charge in [-0.25, -0.2) is 5.84 Å². The zero-order valence-corrected chi connectivity index (χ0v) is 12.3. The van der Waals surface area contributed by atoms with Gasteiger partial charge in [-0.05, 0) is 12.5 Å². The van der Waals surface area contributed by atoms with Crippen LogP contribution in [0.1, 0.15) is 18.9 Å². The van der Waals surface area contributed by atoms with Crippen molar-refractivity contribution in [1.29, 1.82) is 0 Å². The van der Waals surface area contributed by atoms with Gasteiger partial charge in [-0.3, -0.25) is 5.43 Å². The van der Waals surface area contributed by atoms with Crippen molar-refractivity contribution in [3.8, 4) is 12.0 Å². The maximum absolute atomic E-state index is 6.06. The lowest BCUT2D eigenvalue weighted by molar-refractivity contribution is 0.256. The molecule has 0 amide bonds. The first-order chi connectivity index (χ1) is 10.2. The van der Waals surface area contributed by atoms with E-state index in [0.29, 0.717) is 11.6 Å². The highest BCUT2D eigenvalue weighted by atomic mass is 35.5. The number of nitrogens with two attached hydrogens (primary N) is 1. The van der Waals surface area contributed by atoms with E-state index in [-0.39, 0.29) is 24.6 Å². The van der Waals surface area contributed by atoms with E-state index in [0.717, 1.165) is 12.0 Å². The van der Waals surface area contributed by atoms with Gasteiger partial charge in [-0.15, -0.1) is 4.98 Å². The summed E-state index contributed by atoms with van der Waals surface area (Å²) in [6.07, 6.45) is 0.840. The number of ether oxygens (including phenoxy) is 2. The summed E-state index contributed by atoms with van der Waals surface area (Å²) in [6.45, 7) is 2.72. The van der Waals surface area contributed by atoms with E-state index in [1.54, 1.807) is 6.07 Å². The van der Waals surface area contributed by atoms with Crippen LogP contribution in [0, 0.1) is 0 Å². The molecule has 1 aromatic carbocycles. The second-order valence-electron chi connectivity index (χ2n) is 4.10. The first kappa shape index (κ1) is 15.3. The number of rotatable bonds is 7. The zero-order valence-electron chi connectivity index (χ0n) is 11.5. The molecule has 8 heteroatoms. The highest BCUT2D eigenvalue weighted by Gasteiger charge is 2.09. The number of aromatic nitrogens is 3. The van der Waals surface area contributed by atoms with Crippen LogP contribution in [0.4, 0.5) is 5.95 Å². The Balaban J connectivity index is 2.09. The molecule has 2 aromatic rings. The van der Waals surface area contributed by atoms with Gasteiger partial charge in [0.2, 0.25) is 5.95 Å². The van der Waals surface area contributed by atoms with Crippen LogP contribution in [-0.4, -0.2) is 21.6 Å². The Kier molecular flexibility index (Phi) is 5.53. The summed E-state index contributed by atoms with van der Waals surface area (Å²) in [7, 11) is 0. The summed E-state index contributed by atoms with van der Waals surface area (Å²) in [5.41, 5.74) is 3.18. The minimum Gasteiger partial charge on any atom is -0.463 e. The Morgan fingerprint density at radius 1 is 1.14 bits per heavy atom. The fraction of sp³-hybridized carbons (Fsp3) is 0.308. The molecule has 0 atom stereocenters. The van der Waals surface area contributed by atoms with Gasteiger partial charge in [0.1, 0.15) is 6.61 Å². The van der Waals surface area contributed by atoms with Gasteiger partial charge in [-0.1, -0.05) is 36.7 Å². The Labute approximate surface area is 127 Å². The van der Waals surface area contributed by atoms with Crippen LogP contribution >= 0.6 is 11.6 Å². The molecule has 1 heterocycles. The highest BCUT2D eigenvalue weighted by molar-refractivity contribution is 6.31. The first-order valence-electron chi connectivity index (χ1n) is 6.44. The summed E-state index contributed by atoms with van der Waals surface area (Å²) in [5.74, 6) is 5.48. The number of benzene rings is 1. The topological polar surface area (TPSA) is 95.2 Å². The standard InChI is InChI=1S/C13H16ClN5O2/c1-2-7-20-12-16-11(19-15)17-13(18-12)21-8-9-5-3-4-6-10(9)14/h3-6H,2,7-8,15H2,1H3,(H,16,17,18,19). The number of nitrogens with one attached hydrogen (secondary N) is 1. The summed E-state index contributed by atoms with van der Waals surface area (Å²) in [5, 5.41) is 0.617. The van der Waals surface area contributed by atoms with Crippen molar-refractivity contribution in [2.45, 2.75) is 20.0 Å². The van der Waals surface area contributed by atoms with Crippen LogP contribution < -0.4 is 20.7 Å². The molecule has 0 aliphatic rings. The molecular formula is C13H16ClN5O2. The predicted molar refractivity (Wildman–Crippen MR) is 79.2 cm³/mol. The minimum absolute atomic E-state index is 0.115. The SMILES string of the molecule is CCCOc1nc(NN)nc(OCc2ccccc2Cl)n1. The summed E-state index contributed by atoms with van der Waals surface area (Å²) in [4.78, 5) is 12.0. The van der Waals surface area contributed by atoms with Crippen LogP contribution in [-0.2, 0) is 6.61 Å². The number of hydrogen-bond donors (Lipinski definition) is 2. The van der Waals surface area contributed by atoms with Crippen molar-refractivity contribution in [3.63, 3.8) is 0 Å². The maximum Gasteiger partial charge on any atom is 0.324 e. The normalized spacial score (nSPS) is 10.2. The molecule has 0 aliphatic carbocycles. The molecule has 0 saturated heterocycles. The largest absolute Gasteiger partial charge is 0.463 e. The number of nitrogen functional groups attached to an aromatic ring is 1. The lowest BCUT2D eigenvalue weighted by atomic mass is 10.2. The van der Waals surface area contributed by atoms with Crippen LogP contribution in [0.2, 0.25) is 5.02 Å². The Hall–Kier alpha value is -2.12. The average Bonchev–Trinajstić information content (AvgIpc) is 2.52. The fourth-order valence-corrected chi connectivity index (χ4v) is 1.67. The van der Waals surface area contributed by atoms with E-state index in [2.05, 4.69) is 20.4 Å². The monoisotopic (exact) mass is 309 g/mol. The molecule has 0 aliphatic heterocycles. The molecule has 0 unspecified atom stereocenters. The molecule has 0 fully saturated rings. The molecule has 7 nitrogen and oxygen atoms in total. The van der Waals surface area contributed by atoms with Gasteiger partial charge >= 0.3 is 12.0 Å². The molecule has 1 aromatic heterocycles. The Bertz CT molecular complexity index is 597. The molecular weight excluding hydrogens is 294 g/mol. The van der Waals surface area contributed by atoms with Gasteiger partial charge in [-0.2, -0.15) is 9.97 Å². The van der Waals surface area contributed by atoms with E-state index < -0.39 is 0 Å². The van der Waals surface area contributed by atoms with Crippen molar-refractivity contribution in [2.24, 2.45) is 5.84 Å². The zero-order chi connectivity index (χ0) is 15.1. The summed E-state index contributed by atoms with van der Waals surface area (Å²) in [6, 6.07) is 7.65. The average molecular weight is 310 g/mol. The van der Waals surface area contributed by atoms with E-state index in [1.165, 1.54) is 0 Å². The first-order valence-corrected chi connectivity index (χ1v) is 6.82. The number of hydrazine groups is 1. The quantitative estimate of drug-likeness (QED) is 0.598. The molecule has 0 bridgehead atoms. The molecule has 112 valence electrons. The number of anilines is 1. The van der Waals surface area contributed by atoms with Crippen LogP contribution in [0.5, 0.6) is 12.0 Å². The van der Waals surface area contributed by atoms with E-state index in [1.807, 2.05) is 25.1 Å². The van der Waals surface area contributed by atoms with Gasteiger partial charge in [0.25, 0.3) is 0 Å². The lowest BCUT2D eigenvalue weighted by Crippen LogP contribution is -2.13. The molecule has 21 heavy (non-hydrogen) atoms. The molecule has 0 radical (unpaired) electrons. The second-order valence-corrected chi connectivity index (χ2v) is 4.50. The number of halogens is 1. The van der Waals surface area contributed by atoms with Crippen molar-refractivity contribution >= 4 is 17.5 Å². The van der Waals surface area contributed by atoms with Crippen molar-refractivity contribution in [2.75, 3.05) is 12.0 Å². The minimum atomic E-state index is 0.115. The molecule has 0 saturated carbocycles. The second kappa shape index (κ2) is 7.61. The third-order valence-electron chi connectivity index (χ3n) is 2.47. The third kappa shape index (κ3) is 4.44. The third-order valence-corrected chi connectivity index (χ3v) is 2.84.